The topological polar surface area (TPSA) is 12.0 Å². The van der Waals surface area contributed by atoms with Gasteiger partial charge in [0.25, 0.3) is 0 Å². The lowest BCUT2D eigenvalue weighted by atomic mass is 10.1. The van der Waals surface area contributed by atoms with Crippen LogP contribution in [0.1, 0.15) is 39.0 Å². The maximum absolute atomic E-state index is 3.18. The maximum atomic E-state index is 3.18. The van der Waals surface area contributed by atoms with Crippen molar-refractivity contribution in [3.63, 3.8) is 0 Å². The van der Waals surface area contributed by atoms with Crippen LogP contribution in [-0.4, -0.2) is 13.6 Å². The molecule has 0 bridgehead atoms. The summed E-state index contributed by atoms with van der Waals surface area (Å²) in [5, 5.41) is 3.18. The van der Waals surface area contributed by atoms with E-state index in [1.807, 2.05) is 7.05 Å². The minimum atomic E-state index is 1.05. The van der Waals surface area contributed by atoms with Gasteiger partial charge >= 0.3 is 0 Å². The Morgan fingerprint density at radius 3 is 2.55 bits per heavy atom. The Morgan fingerprint density at radius 2 is 2.00 bits per heavy atom. The van der Waals surface area contributed by atoms with Crippen molar-refractivity contribution >= 4 is 0 Å². The summed E-state index contributed by atoms with van der Waals surface area (Å²) in [7, 11) is 2.03. The van der Waals surface area contributed by atoms with Gasteiger partial charge in [-0.15, -0.1) is 0 Å². The lowest BCUT2D eigenvalue weighted by Gasteiger charge is -1.99. The molecule has 0 aromatic heterocycles. The molecule has 1 unspecified atom stereocenters. The molecule has 1 heteroatoms. The molecule has 1 rings (SSSR count). The highest BCUT2D eigenvalue weighted by Gasteiger charge is 2.31. The predicted molar refractivity (Wildman–Crippen MR) is 49.7 cm³/mol. The van der Waals surface area contributed by atoms with Crippen molar-refractivity contribution in [3.8, 4) is 0 Å². The number of hydrogen-bond acceptors (Lipinski definition) is 1. The van der Waals surface area contributed by atoms with Crippen LogP contribution in [0.25, 0.3) is 0 Å². The Morgan fingerprint density at radius 1 is 1.27 bits per heavy atom. The third kappa shape index (κ3) is 3.76. The van der Waals surface area contributed by atoms with Crippen LogP contribution in [0.2, 0.25) is 0 Å². The van der Waals surface area contributed by atoms with Gasteiger partial charge < -0.3 is 5.32 Å². The van der Waals surface area contributed by atoms with Crippen LogP contribution in [-0.2, 0) is 0 Å². The minimum Gasteiger partial charge on any atom is -0.320 e. The third-order valence-electron chi connectivity index (χ3n) is 2.78. The fourth-order valence-corrected chi connectivity index (χ4v) is 1.69. The second kappa shape index (κ2) is 4.76. The Bertz CT molecular complexity index is 101. The summed E-state index contributed by atoms with van der Waals surface area (Å²) in [5.74, 6) is 2.16. The Kier molecular flexibility index (Phi) is 3.92. The van der Waals surface area contributed by atoms with Crippen LogP contribution in [0.4, 0.5) is 0 Å². The van der Waals surface area contributed by atoms with Gasteiger partial charge in [-0.25, -0.2) is 0 Å². The van der Waals surface area contributed by atoms with E-state index in [1.54, 1.807) is 0 Å². The van der Waals surface area contributed by atoms with E-state index in [0.29, 0.717) is 0 Å². The van der Waals surface area contributed by atoms with Crippen LogP contribution in [0.15, 0.2) is 0 Å². The van der Waals surface area contributed by atoms with E-state index in [1.165, 1.54) is 38.6 Å². The number of nitrogens with one attached hydrogen (secondary N) is 1. The Balaban J connectivity index is 1.74. The molecular formula is C10H21N. The molecule has 11 heavy (non-hydrogen) atoms. The molecule has 0 radical (unpaired) electrons. The zero-order chi connectivity index (χ0) is 8.10. The predicted octanol–water partition coefficient (Wildman–Crippen LogP) is 2.42. The van der Waals surface area contributed by atoms with E-state index in [0.717, 1.165) is 11.8 Å². The molecule has 0 amide bonds. The summed E-state index contributed by atoms with van der Waals surface area (Å²) < 4.78 is 0. The summed E-state index contributed by atoms with van der Waals surface area (Å²) >= 11 is 0. The molecule has 1 fully saturated rings. The zero-order valence-electron chi connectivity index (χ0n) is 7.90. The van der Waals surface area contributed by atoms with Crippen LogP contribution in [0.3, 0.4) is 0 Å². The molecule has 0 aromatic carbocycles. The number of unbranched alkanes of at least 4 members (excludes halogenated alkanes) is 2. The van der Waals surface area contributed by atoms with Gasteiger partial charge in [-0.3, -0.25) is 0 Å². The molecule has 0 saturated heterocycles. The summed E-state index contributed by atoms with van der Waals surface area (Å²) in [6, 6.07) is 0. The largest absolute Gasteiger partial charge is 0.320 e. The van der Waals surface area contributed by atoms with Gasteiger partial charge in [-0.1, -0.05) is 26.2 Å². The fourth-order valence-electron chi connectivity index (χ4n) is 1.69. The number of hydrogen-bond donors (Lipinski definition) is 1. The van der Waals surface area contributed by atoms with Gasteiger partial charge in [0.1, 0.15) is 0 Å². The van der Waals surface area contributed by atoms with E-state index in [-0.39, 0.29) is 0 Å². The lowest BCUT2D eigenvalue weighted by Crippen LogP contribution is -2.06. The van der Waals surface area contributed by atoms with Crippen LogP contribution >= 0.6 is 0 Å². The van der Waals surface area contributed by atoms with Crippen molar-refractivity contribution in [3.05, 3.63) is 0 Å². The van der Waals surface area contributed by atoms with Crippen molar-refractivity contribution in [1.29, 1.82) is 0 Å². The normalized spacial score (nSPS) is 28.9. The monoisotopic (exact) mass is 155 g/mol. The molecular weight excluding hydrogens is 134 g/mol. The number of rotatable bonds is 6. The second-order valence-corrected chi connectivity index (χ2v) is 3.93. The van der Waals surface area contributed by atoms with Crippen molar-refractivity contribution in [2.75, 3.05) is 13.6 Å². The molecule has 1 aliphatic carbocycles. The molecule has 66 valence electrons. The van der Waals surface area contributed by atoms with Crippen molar-refractivity contribution in [1.82, 2.24) is 5.32 Å². The summed E-state index contributed by atoms with van der Waals surface area (Å²) in [5.41, 5.74) is 0. The Labute approximate surface area is 70.6 Å². The van der Waals surface area contributed by atoms with E-state index >= 15 is 0 Å². The summed E-state index contributed by atoms with van der Waals surface area (Å²) in [6.45, 7) is 3.57. The van der Waals surface area contributed by atoms with E-state index in [2.05, 4.69) is 12.2 Å². The molecule has 0 spiro atoms. The van der Waals surface area contributed by atoms with Crippen molar-refractivity contribution < 1.29 is 0 Å². The minimum absolute atomic E-state index is 1.05. The molecule has 1 nitrogen and oxygen atoms in total. The van der Waals surface area contributed by atoms with Gasteiger partial charge in [0.15, 0.2) is 0 Å². The first kappa shape index (κ1) is 9.05. The maximum Gasteiger partial charge on any atom is -0.00519 e. The molecule has 0 aliphatic heterocycles. The molecule has 2 atom stereocenters. The lowest BCUT2D eigenvalue weighted by molar-refractivity contribution is 0.571. The average Bonchev–Trinajstić information content (AvgIpc) is 2.67. The van der Waals surface area contributed by atoms with Crippen molar-refractivity contribution in [2.45, 2.75) is 39.0 Å². The molecule has 0 heterocycles. The van der Waals surface area contributed by atoms with Crippen LogP contribution in [0, 0.1) is 11.8 Å². The summed E-state index contributed by atoms with van der Waals surface area (Å²) in [4.78, 5) is 0. The molecule has 1 saturated carbocycles. The zero-order valence-corrected chi connectivity index (χ0v) is 7.90. The highest BCUT2D eigenvalue weighted by molar-refractivity contribution is 4.81. The highest BCUT2D eigenvalue weighted by Crippen LogP contribution is 2.41. The Hall–Kier alpha value is -0.0400. The summed E-state index contributed by atoms with van der Waals surface area (Å²) in [6.07, 6.45) is 7.23. The fraction of sp³-hybridized carbons (Fsp3) is 1.00. The van der Waals surface area contributed by atoms with Crippen LogP contribution in [0.5, 0.6) is 0 Å². The second-order valence-electron chi connectivity index (χ2n) is 3.93. The highest BCUT2D eigenvalue weighted by atomic mass is 14.8. The first-order valence-electron chi connectivity index (χ1n) is 4.99. The quantitative estimate of drug-likeness (QED) is 0.581. The smallest absolute Gasteiger partial charge is 0.00519 e. The van der Waals surface area contributed by atoms with E-state index < -0.39 is 0 Å². The first-order chi connectivity index (χ1) is 5.34. The van der Waals surface area contributed by atoms with Gasteiger partial charge in [0, 0.05) is 0 Å². The van der Waals surface area contributed by atoms with Gasteiger partial charge in [0.05, 0.1) is 0 Å². The average molecular weight is 155 g/mol. The molecule has 1 aliphatic rings. The van der Waals surface area contributed by atoms with E-state index in [9.17, 15) is 0 Å². The van der Waals surface area contributed by atoms with Crippen molar-refractivity contribution in [2.24, 2.45) is 11.8 Å². The van der Waals surface area contributed by atoms with Gasteiger partial charge in [0.2, 0.25) is 0 Å². The van der Waals surface area contributed by atoms with Gasteiger partial charge in [-0.2, -0.15) is 0 Å². The first-order valence-corrected chi connectivity index (χ1v) is 4.99. The SMILES string of the molecule is CNCCCCC[C@@H]1CC1C. The van der Waals surface area contributed by atoms with Gasteiger partial charge in [-0.05, 0) is 38.3 Å². The van der Waals surface area contributed by atoms with Crippen LogP contribution < -0.4 is 5.32 Å². The third-order valence-corrected chi connectivity index (χ3v) is 2.78. The molecule has 1 N–H and O–H groups in total. The molecule has 0 aromatic rings. The van der Waals surface area contributed by atoms with E-state index in [4.69, 9.17) is 0 Å². The standard InChI is InChI=1S/C10H21N/c1-9-8-10(9)6-4-3-5-7-11-2/h9-11H,3-8H2,1-2H3/t9?,10-/m1/s1.